The van der Waals surface area contributed by atoms with E-state index >= 15 is 0 Å². The van der Waals surface area contributed by atoms with Crippen molar-refractivity contribution in [3.63, 3.8) is 0 Å². The average molecular weight is 429 g/mol. The summed E-state index contributed by atoms with van der Waals surface area (Å²) in [7, 11) is 1.65. The Morgan fingerprint density at radius 3 is 2.41 bits per heavy atom. The molecule has 2 N–H and O–H groups in total. The second-order valence-corrected chi connectivity index (χ2v) is 8.37. The van der Waals surface area contributed by atoms with Gasteiger partial charge in [0, 0.05) is 4.90 Å². The molecule has 0 fully saturated rings. The van der Waals surface area contributed by atoms with Gasteiger partial charge in [0.15, 0.2) is 0 Å². The minimum absolute atomic E-state index is 0.217. The van der Waals surface area contributed by atoms with E-state index in [0.29, 0.717) is 16.6 Å². The second-order valence-electron chi connectivity index (χ2n) is 6.68. The van der Waals surface area contributed by atoms with Crippen LogP contribution < -0.4 is 0 Å². The minimum atomic E-state index is -0.937. The lowest BCUT2D eigenvalue weighted by atomic mass is 9.88. The van der Waals surface area contributed by atoms with Crippen LogP contribution in [0.1, 0.15) is 30.1 Å². The lowest BCUT2D eigenvalue weighted by Crippen LogP contribution is -2.51. The number of thioether (sulfide) groups is 1. The van der Waals surface area contributed by atoms with Gasteiger partial charge < -0.3 is 10.2 Å². The number of likely N-dealkylation sites (N-methyl/N-ethyl adjacent to an activating group) is 1. The first kappa shape index (κ1) is 22.1. The molecule has 2 aromatic carbocycles. The molecule has 0 aliphatic rings. The highest BCUT2D eigenvalue weighted by atomic mass is 35.5. The Balaban J connectivity index is 2.50. The zero-order chi connectivity index (χ0) is 20.2. The smallest absolute Gasteiger partial charge is 0.435 e. The Morgan fingerprint density at radius 2 is 1.85 bits per heavy atom. The van der Waals surface area contributed by atoms with Crippen LogP contribution in [-0.2, 0) is 0 Å². The van der Waals surface area contributed by atoms with E-state index in [1.807, 2.05) is 37.4 Å². The van der Waals surface area contributed by atoms with E-state index in [1.54, 1.807) is 37.0 Å². The zero-order valence-corrected chi connectivity index (χ0v) is 17.9. The Kier molecular flexibility index (Phi) is 7.60. The summed E-state index contributed by atoms with van der Waals surface area (Å²) >= 11 is 13.8. The normalized spacial score (nSPS) is 15.8. The first-order valence-electron chi connectivity index (χ1n) is 8.56. The summed E-state index contributed by atoms with van der Waals surface area (Å²) in [5.74, 6) is -0.460. The summed E-state index contributed by atoms with van der Waals surface area (Å²) in [5.41, 5.74) is 1.50. The van der Waals surface area contributed by atoms with E-state index in [0.717, 1.165) is 16.0 Å². The number of amides is 1. The Bertz CT molecular complexity index is 818. The maximum absolute atomic E-state index is 11.8. The van der Waals surface area contributed by atoms with Crippen molar-refractivity contribution >= 4 is 41.1 Å². The molecule has 4 nitrogen and oxygen atoms in total. The van der Waals surface area contributed by atoms with Gasteiger partial charge in [-0.3, -0.25) is 0 Å². The van der Waals surface area contributed by atoms with Crippen LogP contribution in [-0.4, -0.2) is 47.2 Å². The number of halogens is 2. The lowest BCUT2D eigenvalue weighted by Gasteiger charge is -2.33. The van der Waals surface area contributed by atoms with Crippen LogP contribution >= 0.6 is 35.0 Å². The molecule has 0 heterocycles. The lowest BCUT2D eigenvalue weighted by molar-refractivity contribution is -0.837. The highest BCUT2D eigenvalue weighted by Crippen LogP contribution is 2.37. The van der Waals surface area contributed by atoms with Crippen LogP contribution in [0.3, 0.4) is 0 Å². The standard InChI is InChI=1S/C20H23Cl2NO3S/c1-4-23(2,20(25)26)12-16(13-8-9-17(21)18(22)11-13)19(24)14-6-5-7-15(10-14)27-3/h5-11,16,19,24H,4,12H2,1-3H3/p+1. The van der Waals surface area contributed by atoms with Crippen molar-refractivity contribution in [1.29, 1.82) is 0 Å². The number of benzene rings is 2. The summed E-state index contributed by atoms with van der Waals surface area (Å²) in [6.45, 7) is 2.43. The fraction of sp³-hybridized carbons (Fsp3) is 0.350. The molecule has 0 saturated carbocycles. The van der Waals surface area contributed by atoms with Crippen molar-refractivity contribution in [2.75, 3.05) is 26.4 Å². The highest BCUT2D eigenvalue weighted by molar-refractivity contribution is 7.98. The molecule has 146 valence electrons. The SMILES string of the molecule is CC[N+](C)(CC(c1ccc(Cl)c(Cl)c1)C(O)c1cccc(SC)c1)C(=O)O. The van der Waals surface area contributed by atoms with Crippen molar-refractivity contribution in [3.8, 4) is 0 Å². The molecular weight excluding hydrogens is 405 g/mol. The van der Waals surface area contributed by atoms with Crippen molar-refractivity contribution in [3.05, 3.63) is 63.6 Å². The van der Waals surface area contributed by atoms with E-state index in [9.17, 15) is 15.0 Å². The summed E-state index contributed by atoms with van der Waals surface area (Å²) < 4.78 is -0.218. The predicted molar refractivity (Wildman–Crippen MR) is 112 cm³/mol. The first-order valence-corrected chi connectivity index (χ1v) is 10.5. The highest BCUT2D eigenvalue weighted by Gasteiger charge is 2.37. The fourth-order valence-electron chi connectivity index (χ4n) is 2.96. The number of quaternary nitrogens is 1. The van der Waals surface area contributed by atoms with Crippen LogP contribution in [0.5, 0.6) is 0 Å². The molecule has 0 aromatic heterocycles. The van der Waals surface area contributed by atoms with Crippen LogP contribution in [0.15, 0.2) is 47.4 Å². The third-order valence-corrected chi connectivity index (χ3v) is 6.41. The maximum Gasteiger partial charge on any atom is 0.513 e. The van der Waals surface area contributed by atoms with Gasteiger partial charge in [0.1, 0.15) is 0 Å². The number of rotatable bonds is 7. The predicted octanol–water partition coefficient (Wildman–Crippen LogP) is 5.68. The van der Waals surface area contributed by atoms with Gasteiger partial charge in [0.05, 0.1) is 42.2 Å². The Morgan fingerprint density at radius 1 is 1.15 bits per heavy atom. The van der Waals surface area contributed by atoms with Crippen molar-refractivity contribution < 1.29 is 19.5 Å². The number of hydrogen-bond donors (Lipinski definition) is 2. The number of carboxylic acid groups (broad SMARTS) is 1. The van der Waals surface area contributed by atoms with Crippen molar-refractivity contribution in [2.24, 2.45) is 0 Å². The van der Waals surface area contributed by atoms with Gasteiger partial charge in [-0.1, -0.05) is 41.4 Å². The van der Waals surface area contributed by atoms with Gasteiger partial charge in [-0.15, -0.1) is 11.8 Å². The molecule has 27 heavy (non-hydrogen) atoms. The molecule has 0 spiro atoms. The summed E-state index contributed by atoms with van der Waals surface area (Å²) in [6, 6.07) is 12.8. The zero-order valence-electron chi connectivity index (χ0n) is 15.5. The van der Waals surface area contributed by atoms with Gasteiger partial charge in [-0.05, 0) is 48.6 Å². The fourth-order valence-corrected chi connectivity index (χ4v) is 3.74. The quantitative estimate of drug-likeness (QED) is 0.439. The molecule has 0 radical (unpaired) electrons. The summed E-state index contributed by atoms with van der Waals surface area (Å²) in [5, 5.41) is 21.7. The molecule has 7 heteroatoms. The molecule has 3 unspecified atom stereocenters. The van der Waals surface area contributed by atoms with Gasteiger partial charge in [-0.25, -0.2) is 4.48 Å². The van der Waals surface area contributed by atoms with Crippen LogP contribution in [0.2, 0.25) is 10.0 Å². The number of hydrogen-bond acceptors (Lipinski definition) is 3. The molecule has 0 aliphatic carbocycles. The molecule has 3 atom stereocenters. The van der Waals surface area contributed by atoms with Crippen molar-refractivity contribution in [2.45, 2.75) is 23.8 Å². The molecular formula is C20H24Cl2NO3S+. The molecule has 0 saturated heterocycles. The Hall–Kier alpha value is -1.24. The largest absolute Gasteiger partial charge is 0.513 e. The summed E-state index contributed by atoms with van der Waals surface area (Å²) in [4.78, 5) is 12.9. The van der Waals surface area contributed by atoms with Crippen molar-refractivity contribution in [1.82, 2.24) is 0 Å². The molecule has 2 aromatic rings. The number of nitrogens with zero attached hydrogens (tertiary/aromatic N) is 1. The topological polar surface area (TPSA) is 57.5 Å². The van der Waals surface area contributed by atoms with E-state index in [2.05, 4.69) is 0 Å². The number of aliphatic hydroxyl groups is 1. The third kappa shape index (κ3) is 5.18. The van der Waals surface area contributed by atoms with Crippen LogP contribution in [0.25, 0.3) is 0 Å². The third-order valence-electron chi connectivity index (χ3n) is 4.95. The van der Waals surface area contributed by atoms with E-state index in [-0.39, 0.29) is 11.0 Å². The van der Waals surface area contributed by atoms with E-state index < -0.39 is 18.1 Å². The maximum atomic E-state index is 11.8. The number of aliphatic hydroxyl groups excluding tert-OH is 1. The summed E-state index contributed by atoms with van der Waals surface area (Å²) in [6.07, 6.45) is 0.155. The van der Waals surface area contributed by atoms with Gasteiger partial charge in [0.25, 0.3) is 0 Å². The average Bonchev–Trinajstić information content (AvgIpc) is 2.67. The molecule has 1 amide bonds. The van der Waals surface area contributed by atoms with Gasteiger partial charge in [0.2, 0.25) is 0 Å². The van der Waals surface area contributed by atoms with Crippen LogP contribution in [0, 0.1) is 0 Å². The number of carbonyl (C=O) groups is 1. The van der Waals surface area contributed by atoms with Gasteiger partial charge >= 0.3 is 6.09 Å². The molecule has 0 bridgehead atoms. The first-order chi connectivity index (χ1) is 12.7. The molecule has 0 aliphatic heterocycles. The second kappa shape index (κ2) is 9.30. The van der Waals surface area contributed by atoms with E-state index in [1.165, 1.54) is 0 Å². The van der Waals surface area contributed by atoms with Crippen LogP contribution in [0.4, 0.5) is 4.79 Å². The van der Waals surface area contributed by atoms with E-state index in [4.69, 9.17) is 23.2 Å². The van der Waals surface area contributed by atoms with Gasteiger partial charge in [-0.2, -0.15) is 4.79 Å². The molecule has 2 rings (SSSR count). The Labute approximate surface area is 174 Å². The monoisotopic (exact) mass is 428 g/mol. The minimum Gasteiger partial charge on any atom is -0.435 e.